The van der Waals surface area contributed by atoms with Crippen LogP contribution in [0.3, 0.4) is 0 Å². The maximum Gasteiger partial charge on any atom is 0.271 e. The Balaban J connectivity index is 3.62. The molecule has 7 nitrogen and oxygen atoms in total. The van der Waals surface area contributed by atoms with Gasteiger partial charge in [-0.05, 0) is 13.8 Å². The van der Waals surface area contributed by atoms with Crippen LogP contribution in [0.4, 0.5) is 10.1 Å². The van der Waals surface area contributed by atoms with Gasteiger partial charge in [-0.2, -0.15) is 0 Å². The lowest BCUT2D eigenvalue weighted by molar-refractivity contribution is -0.385. The van der Waals surface area contributed by atoms with Gasteiger partial charge in [0.1, 0.15) is 4.90 Å². The Morgan fingerprint density at radius 3 is 2.29 bits per heavy atom. The number of nitro benzene ring substituents is 1. The molecular formula is C11H12ClFN2O5S. The van der Waals surface area contributed by atoms with Crippen molar-refractivity contribution in [2.45, 2.75) is 18.7 Å². The normalized spacial score (nSPS) is 11.2. The first-order valence-electron chi connectivity index (χ1n) is 5.85. The van der Waals surface area contributed by atoms with Crippen LogP contribution in [0.5, 0.6) is 0 Å². The minimum Gasteiger partial charge on any atom is -0.339 e. The van der Waals surface area contributed by atoms with E-state index < -0.39 is 41.8 Å². The molecule has 1 aromatic carbocycles. The highest BCUT2D eigenvalue weighted by atomic mass is 35.7. The van der Waals surface area contributed by atoms with Crippen LogP contribution >= 0.6 is 10.7 Å². The topological polar surface area (TPSA) is 97.6 Å². The highest BCUT2D eigenvalue weighted by molar-refractivity contribution is 8.13. The minimum atomic E-state index is -4.56. The van der Waals surface area contributed by atoms with Gasteiger partial charge in [0, 0.05) is 35.9 Å². The number of amides is 1. The van der Waals surface area contributed by atoms with Crippen LogP contribution in [-0.2, 0) is 9.05 Å². The Hall–Kier alpha value is -1.74. The zero-order chi connectivity index (χ0) is 16.4. The van der Waals surface area contributed by atoms with Crippen LogP contribution < -0.4 is 0 Å². The van der Waals surface area contributed by atoms with Crippen molar-refractivity contribution in [2.75, 3.05) is 13.1 Å². The fourth-order valence-electron chi connectivity index (χ4n) is 1.70. The maximum atomic E-state index is 14.2. The minimum absolute atomic E-state index is 0.237. The lowest BCUT2D eigenvalue weighted by atomic mass is 10.1. The molecular weight excluding hydrogens is 327 g/mol. The van der Waals surface area contributed by atoms with Crippen LogP contribution in [0.2, 0.25) is 0 Å². The molecule has 0 aromatic heterocycles. The van der Waals surface area contributed by atoms with E-state index in [1.165, 1.54) is 4.90 Å². The van der Waals surface area contributed by atoms with Gasteiger partial charge < -0.3 is 4.90 Å². The molecule has 0 aliphatic carbocycles. The van der Waals surface area contributed by atoms with E-state index >= 15 is 0 Å². The number of nitro groups is 1. The molecule has 0 aliphatic rings. The third-order valence-corrected chi connectivity index (χ3v) is 4.10. The summed E-state index contributed by atoms with van der Waals surface area (Å²) in [5.74, 6) is -2.24. The number of hydrogen-bond acceptors (Lipinski definition) is 5. The van der Waals surface area contributed by atoms with E-state index in [1.807, 2.05) is 0 Å². The van der Waals surface area contributed by atoms with Gasteiger partial charge in [0.25, 0.3) is 20.6 Å². The quantitative estimate of drug-likeness (QED) is 0.465. The lowest BCUT2D eigenvalue weighted by Gasteiger charge is -2.19. The summed E-state index contributed by atoms with van der Waals surface area (Å²) in [6.07, 6.45) is 0. The van der Waals surface area contributed by atoms with Crippen LogP contribution in [0.1, 0.15) is 24.2 Å². The van der Waals surface area contributed by atoms with Gasteiger partial charge in [-0.25, -0.2) is 12.8 Å². The van der Waals surface area contributed by atoms with Gasteiger partial charge in [-0.1, -0.05) is 0 Å². The van der Waals surface area contributed by atoms with Crippen LogP contribution in [-0.4, -0.2) is 37.2 Å². The molecule has 116 valence electrons. The second kappa shape index (κ2) is 6.35. The molecule has 0 N–H and O–H groups in total. The Kier molecular flexibility index (Phi) is 5.24. The Morgan fingerprint density at radius 1 is 1.38 bits per heavy atom. The standard InChI is InChI=1S/C11H12ClFN2O5S/c1-3-14(4-2)11(16)8-5-7(15(17)18)6-9(10(8)13)21(12,19)20/h5-6H,3-4H2,1-2H3. The molecule has 0 saturated carbocycles. The summed E-state index contributed by atoms with van der Waals surface area (Å²) >= 11 is 0. The fourth-order valence-corrected chi connectivity index (χ4v) is 2.63. The van der Waals surface area contributed by atoms with Crippen LogP contribution in [0.15, 0.2) is 17.0 Å². The predicted octanol–water partition coefficient (Wildman–Crippen LogP) is 2.14. The molecule has 0 heterocycles. The van der Waals surface area contributed by atoms with E-state index in [2.05, 4.69) is 0 Å². The average molecular weight is 339 g/mol. The van der Waals surface area contributed by atoms with Gasteiger partial charge >= 0.3 is 0 Å². The number of non-ortho nitro benzene ring substituents is 1. The molecule has 0 aliphatic heterocycles. The lowest BCUT2D eigenvalue weighted by Crippen LogP contribution is -2.31. The molecule has 0 radical (unpaired) electrons. The van der Waals surface area contributed by atoms with Crippen molar-refractivity contribution >= 4 is 31.3 Å². The molecule has 21 heavy (non-hydrogen) atoms. The summed E-state index contributed by atoms with van der Waals surface area (Å²) in [7, 11) is 0.487. The van der Waals surface area contributed by atoms with Crippen molar-refractivity contribution in [3.05, 3.63) is 33.6 Å². The number of rotatable bonds is 5. The molecule has 0 bridgehead atoms. The summed E-state index contributed by atoms with van der Waals surface area (Å²) in [6, 6.07) is 1.18. The maximum absolute atomic E-state index is 14.2. The monoisotopic (exact) mass is 338 g/mol. The van der Waals surface area contributed by atoms with Crippen molar-refractivity contribution in [3.63, 3.8) is 0 Å². The third kappa shape index (κ3) is 3.67. The Labute approximate surface area is 124 Å². The molecule has 1 amide bonds. The molecule has 0 unspecified atom stereocenters. The number of halogens is 2. The van der Waals surface area contributed by atoms with Crippen molar-refractivity contribution in [2.24, 2.45) is 0 Å². The summed E-state index contributed by atoms with van der Waals surface area (Å²) in [5, 5.41) is 10.8. The van der Waals surface area contributed by atoms with Gasteiger partial charge in [0.2, 0.25) is 0 Å². The second-order valence-electron chi connectivity index (χ2n) is 3.98. The van der Waals surface area contributed by atoms with E-state index in [-0.39, 0.29) is 13.1 Å². The molecule has 1 aromatic rings. The predicted molar refractivity (Wildman–Crippen MR) is 73.3 cm³/mol. The first-order valence-corrected chi connectivity index (χ1v) is 8.16. The van der Waals surface area contributed by atoms with Gasteiger partial charge in [0.05, 0.1) is 10.5 Å². The average Bonchev–Trinajstić information content (AvgIpc) is 2.38. The van der Waals surface area contributed by atoms with E-state index in [0.717, 1.165) is 0 Å². The second-order valence-corrected chi connectivity index (χ2v) is 6.51. The van der Waals surface area contributed by atoms with Gasteiger partial charge in [0.15, 0.2) is 5.82 Å². The SMILES string of the molecule is CCN(CC)C(=O)c1cc([N+](=O)[O-])cc(S(=O)(=O)Cl)c1F. The molecule has 0 atom stereocenters. The number of carbonyl (C=O) groups excluding carboxylic acids is 1. The molecule has 0 spiro atoms. The largest absolute Gasteiger partial charge is 0.339 e. The first-order chi connectivity index (χ1) is 9.63. The summed E-state index contributed by atoms with van der Waals surface area (Å²) < 4.78 is 36.7. The Morgan fingerprint density at radius 2 is 1.90 bits per heavy atom. The number of nitrogens with zero attached hydrogens (tertiary/aromatic N) is 2. The van der Waals surface area contributed by atoms with Crippen molar-refractivity contribution in [1.82, 2.24) is 4.90 Å². The number of benzene rings is 1. The summed E-state index contributed by atoms with van der Waals surface area (Å²) in [4.78, 5) is 22.1. The highest BCUT2D eigenvalue weighted by Gasteiger charge is 2.28. The molecule has 10 heteroatoms. The molecule has 0 fully saturated rings. The smallest absolute Gasteiger partial charge is 0.271 e. The van der Waals surface area contributed by atoms with Gasteiger partial charge in [-0.15, -0.1) is 0 Å². The van der Waals surface area contributed by atoms with Crippen molar-refractivity contribution < 1.29 is 22.5 Å². The van der Waals surface area contributed by atoms with E-state index in [1.54, 1.807) is 13.8 Å². The number of carbonyl (C=O) groups is 1. The van der Waals surface area contributed by atoms with Gasteiger partial charge in [-0.3, -0.25) is 14.9 Å². The molecule has 0 saturated heterocycles. The van der Waals surface area contributed by atoms with Crippen LogP contribution in [0, 0.1) is 15.9 Å². The summed E-state index contributed by atoms with van der Waals surface area (Å²) in [5.41, 5.74) is -1.43. The van der Waals surface area contributed by atoms with E-state index in [4.69, 9.17) is 10.7 Å². The highest BCUT2D eigenvalue weighted by Crippen LogP contribution is 2.28. The van der Waals surface area contributed by atoms with E-state index in [9.17, 15) is 27.7 Å². The Bertz CT molecular complexity index is 688. The molecule has 1 rings (SSSR count). The summed E-state index contributed by atoms with van der Waals surface area (Å²) in [6.45, 7) is 3.74. The van der Waals surface area contributed by atoms with E-state index in [0.29, 0.717) is 12.1 Å². The zero-order valence-electron chi connectivity index (χ0n) is 11.2. The third-order valence-electron chi connectivity index (χ3n) is 2.78. The van der Waals surface area contributed by atoms with Crippen LogP contribution in [0.25, 0.3) is 0 Å². The number of hydrogen-bond donors (Lipinski definition) is 0. The first kappa shape index (κ1) is 17.3. The van der Waals surface area contributed by atoms with Crippen molar-refractivity contribution in [1.29, 1.82) is 0 Å². The zero-order valence-corrected chi connectivity index (χ0v) is 12.7. The van der Waals surface area contributed by atoms with Crippen molar-refractivity contribution in [3.8, 4) is 0 Å². The fraction of sp³-hybridized carbons (Fsp3) is 0.364.